The minimum atomic E-state index is -0.836. The molecule has 0 saturated carbocycles. The van der Waals surface area contributed by atoms with E-state index < -0.39 is 11.6 Å². The highest BCUT2D eigenvalue weighted by molar-refractivity contribution is 6.19. The molecule has 0 heterocycles. The highest BCUT2D eigenvalue weighted by Crippen LogP contribution is 2.20. The Kier molecular flexibility index (Phi) is 3.04. The van der Waals surface area contributed by atoms with E-state index in [0.29, 0.717) is 5.92 Å². The molecule has 0 saturated heterocycles. The number of hydrogen-bond donors (Lipinski definition) is 0. The fourth-order valence-electron chi connectivity index (χ4n) is 0.905. The molecule has 1 radical (unpaired) electrons. The van der Waals surface area contributed by atoms with Crippen LogP contribution in [0.3, 0.4) is 0 Å². The van der Waals surface area contributed by atoms with Gasteiger partial charge in [0.15, 0.2) is 11.6 Å². The first-order valence-electron chi connectivity index (χ1n) is 3.49. The largest absolute Gasteiger partial charge is 0.204 e. The number of halogens is 3. The van der Waals surface area contributed by atoms with Crippen LogP contribution in [-0.2, 0) is 0 Å². The van der Waals surface area contributed by atoms with E-state index in [4.69, 9.17) is 11.6 Å². The van der Waals surface area contributed by atoms with Crippen molar-refractivity contribution >= 4 is 11.6 Å². The van der Waals surface area contributed by atoms with Gasteiger partial charge in [-0.15, -0.1) is 11.6 Å². The van der Waals surface area contributed by atoms with Crippen molar-refractivity contribution in [1.82, 2.24) is 0 Å². The number of rotatable bonds is 2. The van der Waals surface area contributed by atoms with Crippen molar-refractivity contribution in [1.29, 1.82) is 0 Å². The Balaban J connectivity index is 3.07. The summed E-state index contributed by atoms with van der Waals surface area (Å²) in [5.74, 6) is -0.818. The second-order valence-corrected chi connectivity index (χ2v) is 2.78. The molecule has 1 rings (SSSR count). The quantitative estimate of drug-likeness (QED) is 0.627. The van der Waals surface area contributed by atoms with Crippen molar-refractivity contribution in [3.8, 4) is 0 Å². The Morgan fingerprint density at radius 2 is 2.08 bits per heavy atom. The Bertz CT molecular complexity index is 273. The van der Waals surface area contributed by atoms with Gasteiger partial charge in [-0.25, -0.2) is 8.78 Å². The van der Waals surface area contributed by atoms with Crippen molar-refractivity contribution in [3.63, 3.8) is 0 Å². The molecular formula is C9H8ClF2. The summed E-state index contributed by atoms with van der Waals surface area (Å²) in [5, 5.41) is 0. The first-order valence-corrected chi connectivity index (χ1v) is 4.03. The summed E-state index contributed by atoms with van der Waals surface area (Å²) in [4.78, 5) is 0. The summed E-state index contributed by atoms with van der Waals surface area (Å²) in [6.45, 7) is 1.67. The molecule has 0 aliphatic carbocycles. The summed E-state index contributed by atoms with van der Waals surface area (Å²) in [7, 11) is 0. The van der Waals surface area contributed by atoms with Gasteiger partial charge in [0.1, 0.15) is 0 Å². The predicted octanol–water partition coefficient (Wildman–Crippen LogP) is 3.15. The van der Waals surface area contributed by atoms with Gasteiger partial charge in [0.2, 0.25) is 0 Å². The van der Waals surface area contributed by atoms with E-state index in [9.17, 15) is 8.78 Å². The zero-order valence-corrected chi connectivity index (χ0v) is 7.33. The highest BCUT2D eigenvalue weighted by atomic mass is 35.5. The molecule has 12 heavy (non-hydrogen) atoms. The molecule has 0 fully saturated rings. The fourth-order valence-corrected chi connectivity index (χ4v) is 1.05. The van der Waals surface area contributed by atoms with Gasteiger partial charge in [0.05, 0.1) is 0 Å². The van der Waals surface area contributed by atoms with Crippen molar-refractivity contribution in [2.45, 2.75) is 6.92 Å². The molecule has 0 N–H and O–H groups in total. The molecular weight excluding hydrogens is 182 g/mol. The number of hydrogen-bond acceptors (Lipinski definition) is 0. The normalized spacial score (nSPS) is 10.8. The molecule has 0 aromatic heterocycles. The lowest BCUT2D eigenvalue weighted by atomic mass is 10.0. The minimum Gasteiger partial charge on any atom is -0.204 e. The van der Waals surface area contributed by atoms with Gasteiger partial charge < -0.3 is 0 Å². The van der Waals surface area contributed by atoms with Crippen LogP contribution in [0, 0.1) is 17.6 Å². The van der Waals surface area contributed by atoms with Crippen molar-refractivity contribution in [2.24, 2.45) is 0 Å². The van der Waals surface area contributed by atoms with Crippen LogP contribution in [0.2, 0.25) is 0 Å². The monoisotopic (exact) mass is 189 g/mol. The SMILES string of the molecule is C[C](CCl)c1cccc(F)c1F. The molecule has 3 heteroatoms. The maximum atomic E-state index is 13.0. The van der Waals surface area contributed by atoms with Crippen LogP contribution < -0.4 is 0 Å². The van der Waals surface area contributed by atoms with Crippen LogP contribution >= 0.6 is 11.6 Å². The van der Waals surface area contributed by atoms with Gasteiger partial charge in [-0.3, -0.25) is 0 Å². The Morgan fingerprint density at radius 1 is 1.42 bits per heavy atom. The van der Waals surface area contributed by atoms with Crippen LogP contribution in [0.25, 0.3) is 0 Å². The van der Waals surface area contributed by atoms with Gasteiger partial charge in [-0.05, 0) is 11.6 Å². The molecule has 65 valence electrons. The van der Waals surface area contributed by atoms with Crippen LogP contribution in [0.15, 0.2) is 18.2 Å². The summed E-state index contributed by atoms with van der Waals surface area (Å²) in [5.41, 5.74) is 0.255. The standard InChI is InChI=1S/C9H8ClF2/c1-6(5-10)7-3-2-4-8(11)9(7)12/h2-4H,5H2,1H3. The van der Waals surface area contributed by atoms with E-state index >= 15 is 0 Å². The van der Waals surface area contributed by atoms with Crippen molar-refractivity contribution < 1.29 is 8.78 Å². The van der Waals surface area contributed by atoms with E-state index in [0.717, 1.165) is 6.07 Å². The summed E-state index contributed by atoms with van der Waals surface area (Å²) in [6.07, 6.45) is 0. The summed E-state index contributed by atoms with van der Waals surface area (Å²) >= 11 is 5.48. The maximum absolute atomic E-state index is 13.0. The number of alkyl halides is 1. The van der Waals surface area contributed by atoms with E-state index in [-0.39, 0.29) is 11.4 Å². The second kappa shape index (κ2) is 3.85. The lowest BCUT2D eigenvalue weighted by molar-refractivity contribution is 0.502. The van der Waals surface area contributed by atoms with Crippen LogP contribution in [0.4, 0.5) is 8.78 Å². The summed E-state index contributed by atoms with van der Waals surface area (Å²) < 4.78 is 25.6. The third-order valence-corrected chi connectivity index (χ3v) is 2.01. The topological polar surface area (TPSA) is 0 Å². The summed E-state index contributed by atoms with van der Waals surface area (Å²) in [6, 6.07) is 4.06. The lowest BCUT2D eigenvalue weighted by Gasteiger charge is -2.07. The second-order valence-electron chi connectivity index (χ2n) is 2.52. The average Bonchev–Trinajstić information content (AvgIpc) is 2.08. The third-order valence-electron chi connectivity index (χ3n) is 1.61. The highest BCUT2D eigenvalue weighted by Gasteiger charge is 2.13. The molecule has 0 aliphatic rings. The predicted molar refractivity (Wildman–Crippen MR) is 45.1 cm³/mol. The zero-order chi connectivity index (χ0) is 9.14. The zero-order valence-electron chi connectivity index (χ0n) is 6.57. The maximum Gasteiger partial charge on any atom is 0.162 e. The Labute approximate surface area is 75.2 Å². The van der Waals surface area contributed by atoms with Crippen LogP contribution in [0.5, 0.6) is 0 Å². The molecule has 1 aromatic rings. The minimum absolute atomic E-state index is 0.209. The van der Waals surface area contributed by atoms with Gasteiger partial charge >= 0.3 is 0 Å². The Hall–Kier alpha value is -0.630. The first-order chi connectivity index (χ1) is 5.66. The van der Waals surface area contributed by atoms with E-state index in [1.165, 1.54) is 12.1 Å². The average molecular weight is 190 g/mol. The fraction of sp³-hybridized carbons (Fsp3) is 0.222. The molecule has 0 atom stereocenters. The van der Waals surface area contributed by atoms with Crippen molar-refractivity contribution in [2.75, 3.05) is 5.88 Å². The van der Waals surface area contributed by atoms with Gasteiger partial charge in [0, 0.05) is 11.8 Å². The molecule has 0 unspecified atom stereocenters. The molecule has 0 bridgehead atoms. The first kappa shape index (κ1) is 9.46. The van der Waals surface area contributed by atoms with E-state index in [1.807, 2.05) is 0 Å². The van der Waals surface area contributed by atoms with E-state index in [2.05, 4.69) is 0 Å². The molecule has 0 aliphatic heterocycles. The molecule has 0 amide bonds. The van der Waals surface area contributed by atoms with Crippen molar-refractivity contribution in [3.05, 3.63) is 41.3 Å². The molecule has 1 aromatic carbocycles. The smallest absolute Gasteiger partial charge is 0.162 e. The molecule has 0 spiro atoms. The lowest BCUT2D eigenvalue weighted by Crippen LogP contribution is -2.01. The molecule has 0 nitrogen and oxygen atoms in total. The van der Waals surface area contributed by atoms with Gasteiger partial charge in [0.25, 0.3) is 0 Å². The van der Waals surface area contributed by atoms with Crippen LogP contribution in [-0.4, -0.2) is 5.88 Å². The van der Waals surface area contributed by atoms with Crippen LogP contribution in [0.1, 0.15) is 12.5 Å². The van der Waals surface area contributed by atoms with Gasteiger partial charge in [-0.1, -0.05) is 19.1 Å². The third kappa shape index (κ3) is 1.75. The Morgan fingerprint density at radius 3 is 2.67 bits per heavy atom. The van der Waals surface area contributed by atoms with Gasteiger partial charge in [-0.2, -0.15) is 0 Å². The van der Waals surface area contributed by atoms with E-state index in [1.54, 1.807) is 6.92 Å². The number of benzene rings is 1.